The first kappa shape index (κ1) is 10.6. The van der Waals surface area contributed by atoms with Gasteiger partial charge < -0.3 is 10.8 Å². The SMILES string of the molecule is NC(=O)NC(=O)/C(Br)=C\C(=O)O. The Kier molecular flexibility index (Phi) is 3.98. The van der Waals surface area contributed by atoms with Gasteiger partial charge >= 0.3 is 12.0 Å². The molecule has 0 saturated heterocycles. The molecule has 0 atom stereocenters. The van der Waals surface area contributed by atoms with E-state index < -0.39 is 17.9 Å². The molecule has 6 nitrogen and oxygen atoms in total. The van der Waals surface area contributed by atoms with E-state index in [1.54, 1.807) is 5.32 Å². The summed E-state index contributed by atoms with van der Waals surface area (Å²) in [5, 5.41) is 9.83. The number of urea groups is 1. The molecule has 12 heavy (non-hydrogen) atoms. The van der Waals surface area contributed by atoms with Crippen LogP contribution in [-0.2, 0) is 9.59 Å². The average molecular weight is 237 g/mol. The van der Waals surface area contributed by atoms with E-state index in [0.717, 1.165) is 0 Å². The zero-order valence-corrected chi connectivity index (χ0v) is 7.29. The van der Waals surface area contributed by atoms with Gasteiger partial charge in [-0.25, -0.2) is 9.59 Å². The standard InChI is InChI=1S/C5H5BrN2O4/c6-2(1-3(9)10)4(11)8-5(7)12/h1H,(H,9,10)(H3,7,8,11,12)/b2-1+. The van der Waals surface area contributed by atoms with E-state index in [1.807, 2.05) is 0 Å². The highest BCUT2D eigenvalue weighted by Gasteiger charge is 2.08. The number of hydrogen-bond donors (Lipinski definition) is 3. The molecule has 4 N–H and O–H groups in total. The third kappa shape index (κ3) is 4.45. The lowest BCUT2D eigenvalue weighted by atomic mass is 10.5. The third-order valence-electron chi connectivity index (χ3n) is 0.704. The van der Waals surface area contributed by atoms with Crippen molar-refractivity contribution in [3.63, 3.8) is 0 Å². The zero-order chi connectivity index (χ0) is 9.72. The Bertz CT molecular complexity index is 260. The van der Waals surface area contributed by atoms with E-state index >= 15 is 0 Å². The minimum atomic E-state index is -1.30. The summed E-state index contributed by atoms with van der Waals surface area (Å²) in [6.07, 6.45) is 0.596. The number of halogens is 1. The van der Waals surface area contributed by atoms with Crippen LogP contribution in [0.2, 0.25) is 0 Å². The van der Waals surface area contributed by atoms with Crippen molar-refractivity contribution in [3.8, 4) is 0 Å². The first-order valence-corrected chi connectivity index (χ1v) is 3.43. The molecule has 0 aliphatic rings. The van der Waals surface area contributed by atoms with Gasteiger partial charge in [0.1, 0.15) is 0 Å². The summed E-state index contributed by atoms with van der Waals surface area (Å²) in [6, 6.07) is -1.05. The lowest BCUT2D eigenvalue weighted by Gasteiger charge is -1.96. The summed E-state index contributed by atoms with van der Waals surface area (Å²) < 4.78 is -0.284. The van der Waals surface area contributed by atoms with Crippen LogP contribution in [0.3, 0.4) is 0 Å². The highest BCUT2D eigenvalue weighted by molar-refractivity contribution is 9.12. The maximum Gasteiger partial charge on any atom is 0.329 e. The predicted octanol–water partition coefficient (Wildman–Crippen LogP) is -0.455. The van der Waals surface area contributed by atoms with Gasteiger partial charge in [0.05, 0.1) is 4.48 Å². The number of hydrogen-bond acceptors (Lipinski definition) is 3. The summed E-state index contributed by atoms with van der Waals surface area (Å²) in [6.45, 7) is 0. The second-order valence-corrected chi connectivity index (χ2v) is 2.50. The van der Waals surface area contributed by atoms with Gasteiger partial charge in [-0.3, -0.25) is 10.1 Å². The maximum atomic E-state index is 10.7. The molecular formula is C5H5BrN2O4. The first-order valence-electron chi connectivity index (χ1n) is 2.64. The van der Waals surface area contributed by atoms with E-state index in [-0.39, 0.29) is 4.48 Å². The molecule has 0 unspecified atom stereocenters. The van der Waals surface area contributed by atoms with Crippen molar-refractivity contribution in [1.29, 1.82) is 0 Å². The molecule has 0 aromatic carbocycles. The number of primary amides is 1. The molecule has 0 bridgehead atoms. The summed E-state index contributed by atoms with van der Waals surface area (Å²) in [5.74, 6) is -2.20. The average Bonchev–Trinajstić information content (AvgIpc) is 1.84. The number of rotatable bonds is 2. The second-order valence-electron chi connectivity index (χ2n) is 1.65. The molecule has 0 spiro atoms. The molecule has 0 fully saturated rings. The molecule has 0 radical (unpaired) electrons. The molecule has 0 saturated carbocycles. The molecule has 0 rings (SSSR count). The summed E-state index contributed by atoms with van der Waals surface area (Å²) in [4.78, 5) is 30.8. The number of imide groups is 1. The van der Waals surface area contributed by atoms with Gasteiger partial charge in [-0.15, -0.1) is 0 Å². The van der Waals surface area contributed by atoms with Crippen molar-refractivity contribution < 1.29 is 19.5 Å². The highest BCUT2D eigenvalue weighted by Crippen LogP contribution is 2.03. The van der Waals surface area contributed by atoms with Gasteiger partial charge in [0, 0.05) is 6.08 Å². The Labute approximate surface area is 75.5 Å². The van der Waals surface area contributed by atoms with Crippen molar-refractivity contribution in [2.24, 2.45) is 5.73 Å². The minimum Gasteiger partial charge on any atom is -0.478 e. The molecule has 7 heteroatoms. The van der Waals surface area contributed by atoms with Crippen LogP contribution in [0, 0.1) is 0 Å². The number of carbonyl (C=O) groups is 3. The Morgan fingerprint density at radius 2 is 1.92 bits per heavy atom. The molecule has 66 valence electrons. The number of carboxylic acids is 1. The Balaban J connectivity index is 4.29. The third-order valence-corrected chi connectivity index (χ3v) is 1.29. The molecule has 0 heterocycles. The van der Waals surface area contributed by atoms with Crippen molar-refractivity contribution in [3.05, 3.63) is 10.6 Å². The lowest BCUT2D eigenvalue weighted by molar-refractivity contribution is -0.131. The van der Waals surface area contributed by atoms with Crippen molar-refractivity contribution >= 4 is 33.8 Å². The fourth-order valence-corrected chi connectivity index (χ4v) is 0.641. The number of carbonyl (C=O) groups excluding carboxylic acids is 2. The summed E-state index contributed by atoms with van der Waals surface area (Å²) >= 11 is 2.63. The minimum absolute atomic E-state index is 0.284. The van der Waals surface area contributed by atoms with E-state index in [4.69, 9.17) is 5.11 Å². The Hall–Kier alpha value is -1.37. The fourth-order valence-electron chi connectivity index (χ4n) is 0.346. The summed E-state index contributed by atoms with van der Waals surface area (Å²) in [7, 11) is 0. The second kappa shape index (κ2) is 4.50. The van der Waals surface area contributed by atoms with E-state index in [0.29, 0.717) is 6.08 Å². The highest BCUT2D eigenvalue weighted by atomic mass is 79.9. The van der Waals surface area contributed by atoms with Gasteiger partial charge in [-0.1, -0.05) is 0 Å². The van der Waals surface area contributed by atoms with Crippen LogP contribution in [0.4, 0.5) is 4.79 Å². The zero-order valence-electron chi connectivity index (χ0n) is 5.70. The summed E-state index contributed by atoms with van der Waals surface area (Å²) in [5.41, 5.74) is 4.60. The number of carboxylic acid groups (broad SMARTS) is 1. The normalized spacial score (nSPS) is 10.6. The van der Waals surface area contributed by atoms with Crippen LogP contribution >= 0.6 is 15.9 Å². The van der Waals surface area contributed by atoms with E-state index in [1.165, 1.54) is 0 Å². The number of amides is 3. The molecule has 0 aromatic heterocycles. The van der Waals surface area contributed by atoms with Crippen molar-refractivity contribution in [2.75, 3.05) is 0 Å². The van der Waals surface area contributed by atoms with Gasteiger partial charge in [-0.05, 0) is 15.9 Å². The van der Waals surface area contributed by atoms with Gasteiger partial charge in [0.15, 0.2) is 0 Å². The Morgan fingerprint density at radius 3 is 2.25 bits per heavy atom. The van der Waals surface area contributed by atoms with E-state index in [9.17, 15) is 14.4 Å². The molecular weight excluding hydrogens is 232 g/mol. The quantitative estimate of drug-likeness (QED) is 0.564. The van der Waals surface area contributed by atoms with Gasteiger partial charge in [-0.2, -0.15) is 0 Å². The monoisotopic (exact) mass is 236 g/mol. The van der Waals surface area contributed by atoms with Crippen LogP contribution in [0.15, 0.2) is 10.6 Å². The van der Waals surface area contributed by atoms with E-state index in [2.05, 4.69) is 21.7 Å². The molecule has 0 aromatic rings. The number of nitrogens with one attached hydrogen (secondary N) is 1. The topological polar surface area (TPSA) is 109 Å². The molecule has 0 aliphatic carbocycles. The van der Waals surface area contributed by atoms with Crippen LogP contribution in [0.25, 0.3) is 0 Å². The smallest absolute Gasteiger partial charge is 0.329 e. The first-order chi connectivity index (χ1) is 5.43. The van der Waals surface area contributed by atoms with Crippen LogP contribution in [0.1, 0.15) is 0 Å². The molecule has 0 aliphatic heterocycles. The van der Waals surface area contributed by atoms with Crippen LogP contribution in [0.5, 0.6) is 0 Å². The van der Waals surface area contributed by atoms with Crippen molar-refractivity contribution in [1.82, 2.24) is 5.32 Å². The fraction of sp³-hybridized carbons (Fsp3) is 0. The van der Waals surface area contributed by atoms with Crippen LogP contribution in [-0.4, -0.2) is 23.0 Å². The predicted molar refractivity (Wildman–Crippen MR) is 42.4 cm³/mol. The largest absolute Gasteiger partial charge is 0.478 e. The lowest BCUT2D eigenvalue weighted by Crippen LogP contribution is -2.35. The maximum absolute atomic E-state index is 10.7. The number of nitrogens with two attached hydrogens (primary N) is 1. The van der Waals surface area contributed by atoms with Crippen LogP contribution < -0.4 is 11.1 Å². The molecule has 3 amide bonds. The van der Waals surface area contributed by atoms with Gasteiger partial charge in [0.25, 0.3) is 5.91 Å². The Morgan fingerprint density at radius 1 is 1.42 bits per heavy atom. The van der Waals surface area contributed by atoms with Gasteiger partial charge in [0.2, 0.25) is 0 Å². The van der Waals surface area contributed by atoms with Crippen molar-refractivity contribution in [2.45, 2.75) is 0 Å². The number of aliphatic carboxylic acids is 1.